The molecule has 2 N–H and O–H groups in total. The standard InChI is InChI=1S/C21H28N4S/c1-5-14-25(4)20-12-6-17(7-13-20)15-22-24-21(26)23-19-10-8-18(9-11-19)16(2)3/h6-13,15-16H,5,14H2,1-4H3,(H2,23,24,26). The van der Waals surface area contributed by atoms with E-state index in [0.29, 0.717) is 11.0 Å². The van der Waals surface area contributed by atoms with Crippen molar-refractivity contribution < 1.29 is 0 Å². The predicted molar refractivity (Wildman–Crippen MR) is 117 cm³/mol. The molecule has 0 heterocycles. The number of thiocarbonyl (C=S) groups is 1. The number of hydrogen-bond acceptors (Lipinski definition) is 3. The Balaban J connectivity index is 1.84. The number of nitrogens with zero attached hydrogens (tertiary/aromatic N) is 2. The molecule has 0 atom stereocenters. The third kappa shape index (κ3) is 6.15. The summed E-state index contributed by atoms with van der Waals surface area (Å²) >= 11 is 5.28. The van der Waals surface area contributed by atoms with Crippen LogP contribution in [0.2, 0.25) is 0 Å². The molecule has 26 heavy (non-hydrogen) atoms. The number of nitrogens with one attached hydrogen (secondary N) is 2. The molecule has 2 rings (SSSR count). The Bertz CT molecular complexity index is 721. The van der Waals surface area contributed by atoms with Gasteiger partial charge in [-0.1, -0.05) is 45.0 Å². The van der Waals surface area contributed by atoms with Crippen molar-refractivity contribution in [2.75, 3.05) is 23.8 Å². The third-order valence-electron chi connectivity index (χ3n) is 4.11. The second-order valence-corrected chi connectivity index (χ2v) is 7.02. The lowest BCUT2D eigenvalue weighted by Crippen LogP contribution is -2.23. The summed E-state index contributed by atoms with van der Waals surface area (Å²) < 4.78 is 0. The zero-order valence-electron chi connectivity index (χ0n) is 16.0. The highest BCUT2D eigenvalue weighted by Gasteiger charge is 2.01. The summed E-state index contributed by atoms with van der Waals surface area (Å²) in [5.74, 6) is 0.520. The fourth-order valence-electron chi connectivity index (χ4n) is 2.56. The first-order valence-electron chi connectivity index (χ1n) is 9.00. The van der Waals surface area contributed by atoms with Crippen molar-refractivity contribution in [1.29, 1.82) is 0 Å². The molecule has 5 heteroatoms. The van der Waals surface area contributed by atoms with Crippen LogP contribution in [-0.4, -0.2) is 24.9 Å². The second kappa shape index (κ2) is 9.92. The van der Waals surface area contributed by atoms with Gasteiger partial charge in [0.1, 0.15) is 0 Å². The van der Waals surface area contributed by atoms with E-state index in [1.165, 1.54) is 11.3 Å². The van der Waals surface area contributed by atoms with Crippen LogP contribution in [0.4, 0.5) is 11.4 Å². The van der Waals surface area contributed by atoms with Crippen LogP contribution in [0.3, 0.4) is 0 Å². The van der Waals surface area contributed by atoms with Crippen LogP contribution in [0.5, 0.6) is 0 Å². The maximum absolute atomic E-state index is 5.28. The fraction of sp³-hybridized carbons (Fsp3) is 0.333. The molecule has 0 aromatic heterocycles. The van der Waals surface area contributed by atoms with Crippen molar-refractivity contribution in [2.24, 2.45) is 5.10 Å². The fourth-order valence-corrected chi connectivity index (χ4v) is 2.73. The van der Waals surface area contributed by atoms with Gasteiger partial charge in [-0.3, -0.25) is 5.43 Å². The summed E-state index contributed by atoms with van der Waals surface area (Å²) in [6.07, 6.45) is 2.90. The predicted octanol–water partition coefficient (Wildman–Crippen LogP) is 4.98. The van der Waals surface area contributed by atoms with Crippen molar-refractivity contribution >= 4 is 34.9 Å². The van der Waals surface area contributed by atoms with Gasteiger partial charge in [0.25, 0.3) is 0 Å². The molecule has 2 aromatic carbocycles. The summed E-state index contributed by atoms with van der Waals surface area (Å²) in [6, 6.07) is 16.6. The largest absolute Gasteiger partial charge is 0.375 e. The van der Waals surface area contributed by atoms with Crippen LogP contribution in [-0.2, 0) is 0 Å². The number of hydrogen-bond donors (Lipinski definition) is 2. The summed E-state index contributed by atoms with van der Waals surface area (Å²) in [5, 5.41) is 7.80. The van der Waals surface area contributed by atoms with Gasteiger partial charge >= 0.3 is 0 Å². The van der Waals surface area contributed by atoms with E-state index >= 15 is 0 Å². The minimum atomic E-state index is 0.470. The van der Waals surface area contributed by atoms with Gasteiger partial charge in [0.15, 0.2) is 5.11 Å². The van der Waals surface area contributed by atoms with E-state index in [1.807, 2.05) is 24.3 Å². The third-order valence-corrected chi connectivity index (χ3v) is 4.30. The van der Waals surface area contributed by atoms with Gasteiger partial charge in [-0.25, -0.2) is 0 Å². The van der Waals surface area contributed by atoms with Crippen LogP contribution in [0.15, 0.2) is 53.6 Å². The van der Waals surface area contributed by atoms with E-state index in [4.69, 9.17) is 12.2 Å². The normalized spacial score (nSPS) is 11.0. The molecule has 0 radical (unpaired) electrons. The average molecular weight is 369 g/mol. The molecule has 0 aliphatic heterocycles. The molecule has 0 unspecified atom stereocenters. The molecule has 0 aliphatic rings. The van der Waals surface area contributed by atoms with Crippen molar-refractivity contribution in [3.8, 4) is 0 Å². The van der Waals surface area contributed by atoms with Crippen molar-refractivity contribution in [1.82, 2.24) is 5.43 Å². The highest BCUT2D eigenvalue weighted by Crippen LogP contribution is 2.17. The first-order chi connectivity index (χ1) is 12.5. The first-order valence-corrected chi connectivity index (χ1v) is 9.41. The van der Waals surface area contributed by atoms with E-state index in [9.17, 15) is 0 Å². The van der Waals surface area contributed by atoms with Gasteiger partial charge in [0.05, 0.1) is 6.21 Å². The molecular formula is C21H28N4S. The first kappa shape index (κ1) is 19.9. The Labute approximate surface area is 162 Å². The van der Waals surface area contributed by atoms with Crippen LogP contribution in [0, 0.1) is 0 Å². The van der Waals surface area contributed by atoms with Crippen LogP contribution < -0.4 is 15.6 Å². The Morgan fingerprint density at radius 2 is 1.77 bits per heavy atom. The minimum absolute atomic E-state index is 0.470. The van der Waals surface area contributed by atoms with Gasteiger partial charge < -0.3 is 10.2 Å². The average Bonchev–Trinajstić information content (AvgIpc) is 2.63. The molecule has 2 aromatic rings. The number of rotatable bonds is 7. The van der Waals surface area contributed by atoms with E-state index in [1.54, 1.807) is 6.21 Å². The Kier molecular flexibility index (Phi) is 7.60. The zero-order valence-corrected chi connectivity index (χ0v) is 16.8. The molecule has 0 saturated heterocycles. The second-order valence-electron chi connectivity index (χ2n) is 6.61. The van der Waals surface area contributed by atoms with Gasteiger partial charge in [0.2, 0.25) is 0 Å². The van der Waals surface area contributed by atoms with Crippen LogP contribution >= 0.6 is 12.2 Å². The molecule has 0 fully saturated rings. The zero-order chi connectivity index (χ0) is 18.9. The van der Waals surface area contributed by atoms with Crippen molar-refractivity contribution in [2.45, 2.75) is 33.1 Å². The number of benzene rings is 2. The molecule has 4 nitrogen and oxygen atoms in total. The monoisotopic (exact) mass is 368 g/mol. The van der Waals surface area contributed by atoms with Gasteiger partial charge in [-0.2, -0.15) is 5.10 Å². The van der Waals surface area contributed by atoms with Crippen molar-refractivity contribution in [3.63, 3.8) is 0 Å². The van der Waals surface area contributed by atoms with Gasteiger partial charge in [0, 0.05) is 25.0 Å². The van der Waals surface area contributed by atoms with Crippen LogP contribution in [0.25, 0.3) is 0 Å². The SMILES string of the molecule is CCCN(C)c1ccc(C=NNC(=S)Nc2ccc(C(C)C)cc2)cc1. The molecule has 0 bridgehead atoms. The summed E-state index contributed by atoms with van der Waals surface area (Å²) in [4.78, 5) is 2.24. The van der Waals surface area contributed by atoms with Crippen LogP contribution in [0.1, 0.15) is 44.2 Å². The number of anilines is 2. The molecule has 0 aliphatic carbocycles. The highest BCUT2D eigenvalue weighted by atomic mass is 32.1. The molecular weight excluding hydrogens is 340 g/mol. The Morgan fingerprint density at radius 3 is 2.35 bits per heavy atom. The quantitative estimate of drug-likeness (QED) is 0.411. The molecule has 0 spiro atoms. The summed E-state index contributed by atoms with van der Waals surface area (Å²) in [6.45, 7) is 7.58. The topological polar surface area (TPSA) is 39.7 Å². The maximum Gasteiger partial charge on any atom is 0.191 e. The van der Waals surface area contributed by atoms with E-state index in [2.05, 4.69) is 72.8 Å². The molecule has 0 amide bonds. The van der Waals surface area contributed by atoms with E-state index < -0.39 is 0 Å². The Hall–Kier alpha value is -2.40. The number of hydrazone groups is 1. The van der Waals surface area contributed by atoms with Gasteiger partial charge in [-0.15, -0.1) is 0 Å². The lowest BCUT2D eigenvalue weighted by atomic mass is 10.0. The summed E-state index contributed by atoms with van der Waals surface area (Å²) in [7, 11) is 2.10. The van der Waals surface area contributed by atoms with E-state index in [0.717, 1.165) is 24.2 Å². The molecule has 0 saturated carbocycles. The molecule has 138 valence electrons. The van der Waals surface area contributed by atoms with Gasteiger partial charge in [-0.05, 0) is 59.9 Å². The lowest BCUT2D eigenvalue weighted by Gasteiger charge is -2.18. The minimum Gasteiger partial charge on any atom is -0.375 e. The lowest BCUT2D eigenvalue weighted by molar-refractivity contribution is 0.852. The summed E-state index contributed by atoms with van der Waals surface area (Å²) in [5.41, 5.74) is 7.34. The highest BCUT2D eigenvalue weighted by molar-refractivity contribution is 7.80. The Morgan fingerprint density at radius 1 is 1.12 bits per heavy atom. The smallest absolute Gasteiger partial charge is 0.191 e. The van der Waals surface area contributed by atoms with E-state index in [-0.39, 0.29) is 0 Å². The maximum atomic E-state index is 5.28. The van der Waals surface area contributed by atoms with Crippen molar-refractivity contribution in [3.05, 3.63) is 59.7 Å².